The van der Waals surface area contributed by atoms with Gasteiger partial charge in [-0.05, 0) is 0 Å². The maximum atomic E-state index is 10.4. The van der Waals surface area contributed by atoms with Crippen molar-refractivity contribution in [3.05, 3.63) is 0 Å². The molecule has 0 aromatic carbocycles. The van der Waals surface area contributed by atoms with Crippen LogP contribution in [0.2, 0.25) is 0 Å². The van der Waals surface area contributed by atoms with Crippen LogP contribution in [-0.4, -0.2) is 58.9 Å². The molecule has 0 aromatic rings. The van der Waals surface area contributed by atoms with Gasteiger partial charge in [0.15, 0.2) is 0 Å². The van der Waals surface area contributed by atoms with Crippen LogP contribution in [0.5, 0.6) is 0 Å². The number of carbonyl (C=O) groups is 1. The summed E-state index contributed by atoms with van der Waals surface area (Å²) in [6.07, 6.45) is -4.15. The molecule has 0 aliphatic carbocycles. The Morgan fingerprint density at radius 3 is 2.71 bits per heavy atom. The minimum atomic E-state index is -1.14. The molecular weight excluding hydrogens is 192 g/mol. The van der Waals surface area contributed by atoms with E-state index in [1.165, 1.54) is 6.92 Å². The van der Waals surface area contributed by atoms with E-state index in [4.69, 9.17) is 9.84 Å². The Balaban J connectivity index is 2.37. The third kappa shape index (κ3) is 2.65. The SMILES string of the molecule is CC(=O)OC[C@@H](O)[C@@H]1OC[C@H](O)[C@H]1O. The van der Waals surface area contributed by atoms with Gasteiger partial charge in [-0.15, -0.1) is 0 Å². The fraction of sp³-hybridized carbons (Fsp3) is 0.875. The maximum absolute atomic E-state index is 10.4. The van der Waals surface area contributed by atoms with E-state index in [1.54, 1.807) is 0 Å². The molecule has 1 aliphatic heterocycles. The second-order valence-corrected chi connectivity index (χ2v) is 3.23. The van der Waals surface area contributed by atoms with Gasteiger partial charge in [-0.25, -0.2) is 0 Å². The minimum absolute atomic E-state index is 0.0248. The average molecular weight is 206 g/mol. The number of aliphatic hydroxyl groups is 3. The molecule has 1 aliphatic rings. The molecule has 6 heteroatoms. The van der Waals surface area contributed by atoms with E-state index in [0.717, 1.165) is 0 Å². The Labute approximate surface area is 81.1 Å². The quantitative estimate of drug-likeness (QED) is 0.464. The maximum Gasteiger partial charge on any atom is 0.302 e. The predicted molar refractivity (Wildman–Crippen MR) is 44.4 cm³/mol. The highest BCUT2D eigenvalue weighted by Crippen LogP contribution is 2.17. The van der Waals surface area contributed by atoms with Gasteiger partial charge in [0.05, 0.1) is 6.61 Å². The first kappa shape index (κ1) is 11.4. The van der Waals surface area contributed by atoms with Crippen molar-refractivity contribution in [2.24, 2.45) is 0 Å². The lowest BCUT2D eigenvalue weighted by Gasteiger charge is -2.20. The van der Waals surface area contributed by atoms with Gasteiger partial charge in [-0.3, -0.25) is 4.79 Å². The molecule has 1 rings (SSSR count). The van der Waals surface area contributed by atoms with E-state index in [9.17, 15) is 15.0 Å². The molecule has 6 nitrogen and oxygen atoms in total. The number of hydrogen-bond donors (Lipinski definition) is 3. The highest BCUT2D eigenvalue weighted by molar-refractivity contribution is 5.65. The van der Waals surface area contributed by atoms with Crippen molar-refractivity contribution in [3.8, 4) is 0 Å². The van der Waals surface area contributed by atoms with Gasteiger partial charge >= 0.3 is 5.97 Å². The Morgan fingerprint density at radius 1 is 1.64 bits per heavy atom. The zero-order valence-corrected chi connectivity index (χ0v) is 7.79. The number of carbonyl (C=O) groups excluding carboxylic acids is 1. The van der Waals surface area contributed by atoms with Crippen LogP contribution in [0, 0.1) is 0 Å². The van der Waals surface area contributed by atoms with Gasteiger partial charge in [0, 0.05) is 6.92 Å². The molecular formula is C8H14O6. The monoisotopic (exact) mass is 206 g/mol. The van der Waals surface area contributed by atoms with Crippen LogP contribution in [0.3, 0.4) is 0 Å². The van der Waals surface area contributed by atoms with E-state index in [0.29, 0.717) is 0 Å². The Hall–Kier alpha value is -0.690. The van der Waals surface area contributed by atoms with Crippen LogP contribution in [0.15, 0.2) is 0 Å². The molecule has 82 valence electrons. The number of rotatable bonds is 3. The Kier molecular flexibility index (Phi) is 3.82. The molecule has 0 bridgehead atoms. The largest absolute Gasteiger partial charge is 0.463 e. The second-order valence-electron chi connectivity index (χ2n) is 3.23. The summed E-state index contributed by atoms with van der Waals surface area (Å²) in [4.78, 5) is 10.4. The standard InChI is InChI=1S/C8H14O6/c1-4(9)13-3-6(11)8-7(12)5(10)2-14-8/h5-8,10-12H,2-3H2,1H3/t5-,6+,7+,8-/m0/s1. The lowest BCUT2D eigenvalue weighted by molar-refractivity contribution is -0.148. The average Bonchev–Trinajstić information content (AvgIpc) is 2.44. The molecule has 1 fully saturated rings. The molecule has 1 heterocycles. The summed E-state index contributed by atoms with van der Waals surface area (Å²) in [5, 5.41) is 27.8. The summed E-state index contributed by atoms with van der Waals surface area (Å²) in [6, 6.07) is 0. The van der Waals surface area contributed by atoms with E-state index in [-0.39, 0.29) is 13.2 Å². The van der Waals surface area contributed by atoms with Crippen molar-refractivity contribution in [1.29, 1.82) is 0 Å². The van der Waals surface area contributed by atoms with Crippen molar-refractivity contribution >= 4 is 5.97 Å². The van der Waals surface area contributed by atoms with Crippen molar-refractivity contribution in [2.75, 3.05) is 13.2 Å². The summed E-state index contributed by atoms with van der Waals surface area (Å²) in [6.45, 7) is 0.945. The normalized spacial score (nSPS) is 34.1. The molecule has 4 atom stereocenters. The van der Waals surface area contributed by atoms with Gasteiger partial charge in [0.1, 0.15) is 31.0 Å². The number of ether oxygens (including phenoxy) is 2. The zero-order chi connectivity index (χ0) is 10.7. The van der Waals surface area contributed by atoms with Gasteiger partial charge in [0.2, 0.25) is 0 Å². The summed E-state index contributed by atoms with van der Waals surface area (Å²) in [5.41, 5.74) is 0. The summed E-state index contributed by atoms with van der Waals surface area (Å²) >= 11 is 0. The fourth-order valence-electron chi connectivity index (χ4n) is 1.26. The van der Waals surface area contributed by atoms with E-state index in [2.05, 4.69) is 4.74 Å². The lowest BCUT2D eigenvalue weighted by Crippen LogP contribution is -2.41. The first-order chi connectivity index (χ1) is 6.52. The van der Waals surface area contributed by atoms with Gasteiger partial charge in [0.25, 0.3) is 0 Å². The summed E-state index contributed by atoms with van der Waals surface area (Å²) in [5.74, 6) is -0.517. The first-order valence-corrected chi connectivity index (χ1v) is 4.31. The third-order valence-electron chi connectivity index (χ3n) is 2.03. The van der Waals surface area contributed by atoms with Crippen LogP contribution in [0.1, 0.15) is 6.92 Å². The first-order valence-electron chi connectivity index (χ1n) is 4.31. The Morgan fingerprint density at radius 2 is 2.29 bits per heavy atom. The molecule has 0 unspecified atom stereocenters. The molecule has 0 radical (unpaired) electrons. The molecule has 0 aromatic heterocycles. The van der Waals surface area contributed by atoms with Crippen LogP contribution in [0.4, 0.5) is 0 Å². The van der Waals surface area contributed by atoms with Crippen molar-refractivity contribution in [1.82, 2.24) is 0 Å². The molecule has 0 saturated carbocycles. The zero-order valence-electron chi connectivity index (χ0n) is 7.79. The van der Waals surface area contributed by atoms with Crippen LogP contribution in [0.25, 0.3) is 0 Å². The van der Waals surface area contributed by atoms with Crippen molar-refractivity contribution < 1.29 is 29.6 Å². The third-order valence-corrected chi connectivity index (χ3v) is 2.03. The summed E-state index contributed by atoms with van der Waals surface area (Å²) < 4.78 is 9.47. The number of hydrogen-bond acceptors (Lipinski definition) is 6. The summed E-state index contributed by atoms with van der Waals surface area (Å²) in [7, 11) is 0. The second kappa shape index (κ2) is 4.70. The van der Waals surface area contributed by atoms with Gasteiger partial charge < -0.3 is 24.8 Å². The topological polar surface area (TPSA) is 96.2 Å². The van der Waals surface area contributed by atoms with E-state index < -0.39 is 30.4 Å². The molecule has 0 amide bonds. The lowest BCUT2D eigenvalue weighted by atomic mass is 10.1. The number of esters is 1. The van der Waals surface area contributed by atoms with Crippen molar-refractivity contribution in [2.45, 2.75) is 31.3 Å². The van der Waals surface area contributed by atoms with Gasteiger partial charge in [-0.2, -0.15) is 0 Å². The van der Waals surface area contributed by atoms with Crippen molar-refractivity contribution in [3.63, 3.8) is 0 Å². The van der Waals surface area contributed by atoms with Gasteiger partial charge in [-0.1, -0.05) is 0 Å². The minimum Gasteiger partial charge on any atom is -0.463 e. The molecule has 0 spiro atoms. The Bertz CT molecular complexity index is 206. The smallest absolute Gasteiger partial charge is 0.302 e. The fourth-order valence-corrected chi connectivity index (χ4v) is 1.26. The highest BCUT2D eigenvalue weighted by atomic mass is 16.6. The number of aliphatic hydroxyl groups excluding tert-OH is 3. The molecule has 14 heavy (non-hydrogen) atoms. The van der Waals surface area contributed by atoms with Crippen LogP contribution >= 0.6 is 0 Å². The molecule has 3 N–H and O–H groups in total. The molecule has 1 saturated heterocycles. The van der Waals surface area contributed by atoms with Crippen LogP contribution < -0.4 is 0 Å². The highest BCUT2D eigenvalue weighted by Gasteiger charge is 2.39. The predicted octanol–water partition coefficient (Wildman–Crippen LogP) is -1.97. The van der Waals surface area contributed by atoms with E-state index in [1.807, 2.05) is 0 Å². The van der Waals surface area contributed by atoms with Crippen LogP contribution in [-0.2, 0) is 14.3 Å². The van der Waals surface area contributed by atoms with E-state index >= 15 is 0 Å².